The second kappa shape index (κ2) is 10.6. The molecular weight excluding hydrogens is 388 g/mol. The molecular formula is C22H30N2O2S2. The van der Waals surface area contributed by atoms with Crippen molar-refractivity contribution in [1.82, 2.24) is 10.4 Å². The van der Waals surface area contributed by atoms with Crippen LogP contribution in [0.3, 0.4) is 0 Å². The molecule has 28 heavy (non-hydrogen) atoms. The molecule has 1 heterocycles. The number of likely N-dealkylation sites (tertiary alicyclic amines) is 1. The first-order chi connectivity index (χ1) is 13.6. The van der Waals surface area contributed by atoms with Crippen LogP contribution in [0.1, 0.15) is 51.4 Å². The number of allylic oxidation sites excluding steroid dienone is 5. The van der Waals surface area contributed by atoms with E-state index >= 15 is 0 Å². The number of terminal acetylenes is 1. The van der Waals surface area contributed by atoms with Crippen molar-refractivity contribution in [2.45, 2.75) is 61.4 Å². The van der Waals surface area contributed by atoms with Crippen LogP contribution in [0, 0.1) is 12.3 Å². The predicted octanol–water partition coefficient (Wildman–Crippen LogP) is 4.49. The van der Waals surface area contributed by atoms with Gasteiger partial charge in [0, 0.05) is 23.2 Å². The number of hydrogen-bond acceptors (Lipinski definition) is 5. The van der Waals surface area contributed by atoms with E-state index < -0.39 is 4.75 Å². The Kier molecular flexibility index (Phi) is 8.16. The first-order valence-electron chi connectivity index (χ1n) is 10.2. The van der Waals surface area contributed by atoms with Gasteiger partial charge in [-0.15, -0.1) is 29.9 Å². The van der Waals surface area contributed by atoms with E-state index in [9.17, 15) is 10.0 Å². The van der Waals surface area contributed by atoms with Gasteiger partial charge in [-0.2, -0.15) is 0 Å². The van der Waals surface area contributed by atoms with Crippen LogP contribution in [-0.2, 0) is 4.79 Å². The van der Waals surface area contributed by atoms with E-state index in [4.69, 9.17) is 6.42 Å². The Morgan fingerprint density at radius 2 is 2.04 bits per heavy atom. The van der Waals surface area contributed by atoms with Gasteiger partial charge in [0.1, 0.15) is 4.75 Å². The van der Waals surface area contributed by atoms with E-state index in [2.05, 4.69) is 35.1 Å². The summed E-state index contributed by atoms with van der Waals surface area (Å²) in [5.41, 5.74) is 1.91. The van der Waals surface area contributed by atoms with E-state index in [1.807, 2.05) is 17.2 Å². The van der Waals surface area contributed by atoms with Gasteiger partial charge < -0.3 is 0 Å². The number of carbonyl (C=O) groups excluding carboxylic acids is 1. The Labute approximate surface area is 177 Å². The summed E-state index contributed by atoms with van der Waals surface area (Å²) < 4.78 is -0.631. The summed E-state index contributed by atoms with van der Waals surface area (Å²) in [7, 11) is 0. The molecule has 3 rings (SSSR count). The second-order valence-electron chi connectivity index (χ2n) is 7.70. The van der Waals surface area contributed by atoms with E-state index in [0.29, 0.717) is 19.4 Å². The molecule has 0 aromatic carbocycles. The van der Waals surface area contributed by atoms with Gasteiger partial charge >= 0.3 is 0 Å². The number of rotatable bonds is 6. The van der Waals surface area contributed by atoms with Crippen LogP contribution in [0.2, 0.25) is 0 Å². The Balaban J connectivity index is 1.66. The van der Waals surface area contributed by atoms with Crippen molar-refractivity contribution >= 4 is 29.4 Å². The van der Waals surface area contributed by atoms with E-state index in [-0.39, 0.29) is 5.91 Å². The quantitative estimate of drug-likeness (QED) is 0.378. The summed E-state index contributed by atoms with van der Waals surface area (Å²) in [5, 5.41) is 10.1. The molecule has 4 nitrogen and oxygen atoms in total. The topological polar surface area (TPSA) is 52.6 Å². The highest BCUT2D eigenvalue weighted by molar-refractivity contribution is 8.05. The first kappa shape index (κ1) is 21.6. The summed E-state index contributed by atoms with van der Waals surface area (Å²) in [6.45, 7) is 2.15. The van der Waals surface area contributed by atoms with Crippen LogP contribution in [0.15, 0.2) is 34.1 Å². The van der Waals surface area contributed by atoms with Crippen molar-refractivity contribution in [3.63, 3.8) is 0 Å². The molecule has 0 aromatic heterocycles. The Bertz CT molecular complexity index is 679. The van der Waals surface area contributed by atoms with Crippen LogP contribution >= 0.6 is 23.5 Å². The third kappa shape index (κ3) is 5.70. The first-order valence-corrected chi connectivity index (χ1v) is 11.9. The molecule has 0 unspecified atom stereocenters. The van der Waals surface area contributed by atoms with E-state index in [1.165, 1.54) is 41.9 Å². The molecule has 0 radical (unpaired) electrons. The largest absolute Gasteiger partial charge is 0.292 e. The maximum atomic E-state index is 12.5. The van der Waals surface area contributed by atoms with Gasteiger partial charge in [0.25, 0.3) is 5.91 Å². The molecule has 0 spiro atoms. The van der Waals surface area contributed by atoms with Crippen LogP contribution in [0.4, 0.5) is 0 Å². The minimum Gasteiger partial charge on any atom is -0.292 e. The summed E-state index contributed by atoms with van der Waals surface area (Å²) in [4.78, 5) is 17.2. The number of piperidine rings is 1. The number of nitrogens with one attached hydrogen (secondary N) is 1. The van der Waals surface area contributed by atoms with Crippen LogP contribution in [-0.4, -0.2) is 45.6 Å². The lowest BCUT2D eigenvalue weighted by Crippen LogP contribution is -2.51. The number of hydroxylamine groups is 1. The summed E-state index contributed by atoms with van der Waals surface area (Å²) >= 11 is 3.60. The molecule has 1 saturated carbocycles. The second-order valence-corrected chi connectivity index (χ2v) is 10.6. The van der Waals surface area contributed by atoms with Crippen LogP contribution in [0.5, 0.6) is 0 Å². The number of thioether (sulfide) groups is 2. The van der Waals surface area contributed by atoms with Gasteiger partial charge in [-0.3, -0.25) is 14.9 Å². The molecule has 6 heteroatoms. The molecule has 0 atom stereocenters. The molecule has 1 saturated heterocycles. The zero-order valence-electron chi connectivity index (χ0n) is 16.4. The van der Waals surface area contributed by atoms with Gasteiger partial charge in [-0.05, 0) is 43.1 Å². The number of carbonyl (C=O) groups is 1. The Morgan fingerprint density at radius 3 is 2.71 bits per heavy atom. The van der Waals surface area contributed by atoms with Crippen molar-refractivity contribution in [1.29, 1.82) is 0 Å². The number of hydrogen-bond donors (Lipinski definition) is 2. The van der Waals surface area contributed by atoms with Gasteiger partial charge in [0.15, 0.2) is 0 Å². The lowest BCUT2D eigenvalue weighted by atomic mass is 9.95. The van der Waals surface area contributed by atoms with Gasteiger partial charge in [-0.1, -0.05) is 43.4 Å². The Morgan fingerprint density at radius 1 is 1.29 bits per heavy atom. The van der Waals surface area contributed by atoms with Gasteiger partial charge in [0.2, 0.25) is 0 Å². The molecule has 1 amide bonds. The average molecular weight is 419 g/mol. The molecule has 152 valence electrons. The lowest BCUT2D eigenvalue weighted by molar-refractivity contribution is -0.132. The fraction of sp³-hybridized carbons (Fsp3) is 0.591. The standard InChI is InChI=1S/C22H30N2O2S2/c1-2-15-24-16-13-22(14-17-24,21(25)23-26)28-20-10-6-9-19(11-12-20)27-18-7-4-3-5-8-18/h1,6,9,11-12,18,26H,3-5,7-8,10,13-17H2,(H,23,25). The fourth-order valence-electron chi connectivity index (χ4n) is 4.05. The molecule has 2 fully saturated rings. The highest BCUT2D eigenvalue weighted by Gasteiger charge is 2.42. The van der Waals surface area contributed by atoms with Crippen molar-refractivity contribution in [3.8, 4) is 12.3 Å². The van der Waals surface area contributed by atoms with Crippen molar-refractivity contribution in [2.75, 3.05) is 19.6 Å². The Hall–Kier alpha value is -1.13. The monoisotopic (exact) mass is 418 g/mol. The average Bonchev–Trinajstić information content (AvgIpc) is 2.95. The normalized spacial score (nSPS) is 23.3. The predicted molar refractivity (Wildman–Crippen MR) is 119 cm³/mol. The molecule has 0 aromatic rings. The minimum atomic E-state index is -0.631. The molecule has 2 aliphatic carbocycles. The number of nitrogens with zero attached hydrogens (tertiary/aromatic N) is 1. The van der Waals surface area contributed by atoms with Crippen LogP contribution in [0.25, 0.3) is 0 Å². The summed E-state index contributed by atoms with van der Waals surface area (Å²) in [6, 6.07) is 0. The lowest BCUT2D eigenvalue weighted by Gasteiger charge is -2.39. The molecule has 3 aliphatic rings. The third-order valence-corrected chi connectivity index (χ3v) is 8.61. The zero-order chi connectivity index (χ0) is 19.8. The highest BCUT2D eigenvalue weighted by atomic mass is 32.2. The highest BCUT2D eigenvalue weighted by Crippen LogP contribution is 2.43. The zero-order valence-corrected chi connectivity index (χ0v) is 18.0. The van der Waals surface area contributed by atoms with E-state index in [1.54, 1.807) is 11.8 Å². The molecule has 0 bridgehead atoms. The minimum absolute atomic E-state index is 0.298. The SMILES string of the molecule is C#CCN1CCC(SC2=CC=C(SC3CCCCC3)C=CC2)(C(=O)NO)CC1. The maximum Gasteiger partial charge on any atom is 0.260 e. The van der Waals surface area contributed by atoms with E-state index in [0.717, 1.165) is 24.8 Å². The molecule has 2 N–H and O–H groups in total. The number of amides is 1. The van der Waals surface area contributed by atoms with Gasteiger partial charge in [-0.25, -0.2) is 5.48 Å². The van der Waals surface area contributed by atoms with Crippen molar-refractivity contribution in [3.05, 3.63) is 34.1 Å². The smallest absolute Gasteiger partial charge is 0.260 e. The van der Waals surface area contributed by atoms with Crippen molar-refractivity contribution in [2.24, 2.45) is 0 Å². The van der Waals surface area contributed by atoms with Gasteiger partial charge in [0.05, 0.1) is 6.54 Å². The summed E-state index contributed by atoms with van der Waals surface area (Å²) in [6.07, 6.45) is 23.1. The third-order valence-electron chi connectivity index (χ3n) is 5.71. The molecule has 1 aliphatic heterocycles. The summed E-state index contributed by atoms with van der Waals surface area (Å²) in [5.74, 6) is 2.38. The van der Waals surface area contributed by atoms with Crippen LogP contribution < -0.4 is 5.48 Å². The van der Waals surface area contributed by atoms with Crippen molar-refractivity contribution < 1.29 is 10.0 Å². The maximum absolute atomic E-state index is 12.5. The fourth-order valence-corrected chi connectivity index (χ4v) is 6.67.